The molecule has 3 heterocycles. The maximum absolute atomic E-state index is 5.78. The van der Waals surface area contributed by atoms with E-state index in [4.69, 9.17) is 9.97 Å². The monoisotopic (exact) mass is 815 g/mol. The number of para-hydroxylation sites is 2. The first-order chi connectivity index (χ1) is 29.0. The summed E-state index contributed by atoms with van der Waals surface area (Å²) < 4.78 is 7.93. The van der Waals surface area contributed by atoms with Gasteiger partial charge in [0, 0.05) is 0 Å². The zero-order valence-electron chi connectivity index (χ0n) is 32.9. The summed E-state index contributed by atoms with van der Waals surface area (Å²) in [6.45, 7) is 4.74. The third kappa shape index (κ3) is 4.77. The molecule has 0 bridgehead atoms. The summed E-state index contributed by atoms with van der Waals surface area (Å²) >= 11 is -3.80. The van der Waals surface area contributed by atoms with Crippen LogP contribution in [0.15, 0.2) is 200 Å². The Balaban J connectivity index is 1.22. The van der Waals surface area contributed by atoms with E-state index in [1.807, 2.05) is 0 Å². The third-order valence-electron chi connectivity index (χ3n) is 13.1. The van der Waals surface area contributed by atoms with Gasteiger partial charge in [-0.1, -0.05) is 0 Å². The quantitative estimate of drug-likeness (QED) is 0.162. The molecule has 0 fully saturated rings. The normalized spacial score (nSPS) is 14.2. The van der Waals surface area contributed by atoms with Gasteiger partial charge in [0.15, 0.2) is 0 Å². The van der Waals surface area contributed by atoms with Crippen LogP contribution in [-0.4, -0.2) is 27.8 Å². The summed E-state index contributed by atoms with van der Waals surface area (Å²) in [4.78, 5) is 11.4. The molecule has 0 spiro atoms. The average Bonchev–Trinajstić information content (AvgIpc) is 3.87. The molecule has 0 saturated heterocycles. The summed E-state index contributed by atoms with van der Waals surface area (Å²) in [5.41, 5.74) is 14.1. The molecule has 12 rings (SSSR count). The fraction of sp³-hybridized carbons (Fsp3) is 0.0545. The molecule has 1 aliphatic heterocycles. The molecule has 0 saturated carbocycles. The van der Waals surface area contributed by atoms with Gasteiger partial charge < -0.3 is 0 Å². The Hall–Kier alpha value is -6.82. The first-order valence-corrected chi connectivity index (χ1v) is 24.7. The fourth-order valence-corrected chi connectivity index (χ4v) is 21.5. The van der Waals surface area contributed by atoms with Crippen molar-refractivity contribution in [1.82, 2.24) is 14.5 Å². The van der Waals surface area contributed by atoms with Crippen molar-refractivity contribution in [3.63, 3.8) is 0 Å². The molecule has 59 heavy (non-hydrogen) atoms. The second-order valence-electron chi connectivity index (χ2n) is 16.5. The van der Waals surface area contributed by atoms with Crippen molar-refractivity contribution in [3.8, 4) is 50.7 Å². The molecular weight excluding hydrogens is 775 g/mol. The van der Waals surface area contributed by atoms with Gasteiger partial charge in [0.1, 0.15) is 0 Å². The topological polar surface area (TPSA) is 30.7 Å². The minimum absolute atomic E-state index is 0.136. The van der Waals surface area contributed by atoms with E-state index in [1.54, 1.807) is 0 Å². The van der Waals surface area contributed by atoms with Gasteiger partial charge in [-0.25, -0.2) is 0 Å². The number of hydrogen-bond donors (Lipinski definition) is 0. The Kier molecular flexibility index (Phi) is 7.45. The van der Waals surface area contributed by atoms with Crippen molar-refractivity contribution >= 4 is 52.7 Å². The van der Waals surface area contributed by atoms with Crippen LogP contribution in [0, 0.1) is 0 Å². The Morgan fingerprint density at radius 1 is 0.441 bits per heavy atom. The van der Waals surface area contributed by atoms with Crippen molar-refractivity contribution in [2.75, 3.05) is 0 Å². The van der Waals surface area contributed by atoms with Crippen LogP contribution in [0.25, 0.3) is 72.5 Å². The van der Waals surface area contributed by atoms with Crippen LogP contribution < -0.4 is 17.6 Å². The van der Waals surface area contributed by atoms with Crippen molar-refractivity contribution in [3.05, 3.63) is 211 Å². The molecule has 278 valence electrons. The summed E-state index contributed by atoms with van der Waals surface area (Å²) in [5, 5.41) is 2.50. The molecule has 8 aromatic carbocycles. The Morgan fingerprint density at radius 3 is 1.73 bits per heavy atom. The van der Waals surface area contributed by atoms with E-state index in [9.17, 15) is 0 Å². The molecule has 4 heteroatoms. The number of fused-ring (bicyclic) bond motifs is 9. The first kappa shape index (κ1) is 34.2. The van der Waals surface area contributed by atoms with Crippen LogP contribution in [0.2, 0.25) is 0 Å². The van der Waals surface area contributed by atoms with Crippen molar-refractivity contribution < 1.29 is 0 Å². The molecule has 0 radical (unpaired) electrons. The van der Waals surface area contributed by atoms with Crippen LogP contribution in [0.3, 0.4) is 0 Å². The van der Waals surface area contributed by atoms with E-state index >= 15 is 0 Å². The van der Waals surface area contributed by atoms with Gasteiger partial charge in [0.2, 0.25) is 0 Å². The van der Waals surface area contributed by atoms with Crippen LogP contribution in [0.5, 0.6) is 0 Å². The van der Waals surface area contributed by atoms with E-state index in [2.05, 4.69) is 219 Å². The van der Waals surface area contributed by atoms with Gasteiger partial charge in [0.05, 0.1) is 0 Å². The van der Waals surface area contributed by atoms with Crippen molar-refractivity contribution in [2.45, 2.75) is 19.3 Å². The SMILES string of the molecule is CC1(C)c2ccccc2-c2cc3c4ccccc4n(-c4ccccc4-c4nc(-c5ccccc5)nc5[c]4[Ge]([c]4ccccc4)([c]4ccccc4)[c]4ccccc4-5)c3cc21. The predicted octanol–water partition coefficient (Wildman–Crippen LogP) is 10.6. The summed E-state index contributed by atoms with van der Waals surface area (Å²) in [6.07, 6.45) is 0. The second-order valence-corrected chi connectivity index (χ2v) is 24.2. The maximum atomic E-state index is 5.78. The molecule has 2 aromatic heterocycles. The number of benzene rings is 8. The minimum atomic E-state index is -3.80. The summed E-state index contributed by atoms with van der Waals surface area (Å²) in [5.74, 6) is 0.739. The number of hydrogen-bond acceptors (Lipinski definition) is 2. The second kappa shape index (κ2) is 12.8. The number of rotatable bonds is 5. The van der Waals surface area contributed by atoms with Gasteiger partial charge in [-0.3, -0.25) is 0 Å². The van der Waals surface area contributed by atoms with Crippen LogP contribution in [0.1, 0.15) is 25.0 Å². The first-order valence-electron chi connectivity index (χ1n) is 20.5. The Labute approximate surface area is 346 Å². The van der Waals surface area contributed by atoms with E-state index in [1.165, 1.54) is 67.2 Å². The number of nitrogens with zero attached hydrogens (tertiary/aromatic N) is 3. The zero-order valence-corrected chi connectivity index (χ0v) is 35.0. The predicted molar refractivity (Wildman–Crippen MR) is 247 cm³/mol. The average molecular weight is 815 g/mol. The fourth-order valence-electron chi connectivity index (χ4n) is 10.5. The number of aromatic nitrogens is 3. The van der Waals surface area contributed by atoms with Crippen molar-refractivity contribution in [1.29, 1.82) is 0 Å². The van der Waals surface area contributed by atoms with Gasteiger partial charge in [-0.15, -0.1) is 0 Å². The van der Waals surface area contributed by atoms with Gasteiger partial charge in [0.25, 0.3) is 0 Å². The molecule has 3 nitrogen and oxygen atoms in total. The van der Waals surface area contributed by atoms with Crippen molar-refractivity contribution in [2.24, 2.45) is 0 Å². The van der Waals surface area contributed by atoms with E-state index in [-0.39, 0.29) is 5.41 Å². The standard InChI is InChI=1S/C55H39GeN3/c1-55(2)45-30-16-12-26-39(45)43-34-44-40-27-14-18-32-48(40)59(50(44)35-46(43)55)49-33-19-15-29-42(49)53-51-52(57-54(58-53)36-20-6-3-7-21-36)41-28-13-17-31-47(41)56(51,37-22-8-4-9-23-37)38-24-10-5-11-25-38/h3-35H,1-2H3. The molecular formula is C55H39GeN3. The molecule has 1 aliphatic carbocycles. The molecule has 2 aliphatic rings. The van der Waals surface area contributed by atoms with Crippen LogP contribution in [-0.2, 0) is 5.41 Å². The molecule has 0 N–H and O–H groups in total. The van der Waals surface area contributed by atoms with Gasteiger partial charge in [-0.2, -0.15) is 0 Å². The van der Waals surface area contributed by atoms with Crippen LogP contribution in [0.4, 0.5) is 0 Å². The summed E-state index contributed by atoms with van der Waals surface area (Å²) in [6, 6.07) is 73.8. The molecule has 0 amide bonds. The Morgan fingerprint density at radius 2 is 1.00 bits per heavy atom. The molecule has 0 atom stereocenters. The summed E-state index contributed by atoms with van der Waals surface area (Å²) in [7, 11) is 0. The zero-order chi connectivity index (χ0) is 39.3. The van der Waals surface area contributed by atoms with E-state index < -0.39 is 13.3 Å². The Bertz CT molecular complexity index is 3250. The van der Waals surface area contributed by atoms with Gasteiger partial charge in [-0.05, 0) is 0 Å². The molecule has 10 aromatic rings. The van der Waals surface area contributed by atoms with E-state index in [0.717, 1.165) is 34.0 Å². The van der Waals surface area contributed by atoms with E-state index in [0.29, 0.717) is 0 Å². The third-order valence-corrected chi connectivity index (χ3v) is 23.3. The van der Waals surface area contributed by atoms with Gasteiger partial charge >= 0.3 is 348 Å². The molecule has 0 unspecified atom stereocenters. The van der Waals surface area contributed by atoms with Crippen LogP contribution >= 0.6 is 0 Å².